The maximum Gasteiger partial charge on any atom is 0.372 e. The summed E-state index contributed by atoms with van der Waals surface area (Å²) in [6.07, 6.45) is 4.67. The zero-order chi connectivity index (χ0) is 30.8. The zero-order valence-electron chi connectivity index (χ0n) is 24.8. The van der Waals surface area contributed by atoms with Gasteiger partial charge in [-0.2, -0.15) is 0 Å². The van der Waals surface area contributed by atoms with Crippen LogP contribution < -0.4 is 9.21 Å². The highest BCUT2D eigenvalue weighted by molar-refractivity contribution is 7.92. The van der Waals surface area contributed by atoms with Crippen molar-refractivity contribution in [3.8, 4) is 0 Å². The molecule has 0 unspecified atom stereocenters. The second-order valence-corrected chi connectivity index (χ2v) is 13.5. The van der Waals surface area contributed by atoms with Crippen LogP contribution in [0.4, 0.5) is 11.4 Å². The van der Waals surface area contributed by atoms with Gasteiger partial charge in [-0.05, 0) is 62.1 Å². The summed E-state index contributed by atoms with van der Waals surface area (Å²) < 4.78 is 35.9. The van der Waals surface area contributed by atoms with E-state index in [1.165, 1.54) is 22.5 Å². The Kier molecular flexibility index (Phi) is 8.35. The van der Waals surface area contributed by atoms with Gasteiger partial charge in [0.2, 0.25) is 11.7 Å². The highest BCUT2D eigenvalue weighted by Crippen LogP contribution is 2.36. The number of carboxylic acid groups (broad SMARTS) is 1. The second kappa shape index (κ2) is 12.4. The topological polar surface area (TPSA) is 111 Å². The minimum atomic E-state index is -4.09. The Morgan fingerprint density at radius 1 is 0.932 bits per heavy atom. The Balaban J connectivity index is 1.34. The molecule has 1 amide bonds. The van der Waals surface area contributed by atoms with Crippen molar-refractivity contribution in [2.75, 3.05) is 41.9 Å². The number of piperazine rings is 1. The van der Waals surface area contributed by atoms with Gasteiger partial charge >= 0.3 is 5.97 Å². The lowest BCUT2D eigenvalue weighted by molar-refractivity contribution is -0.135. The van der Waals surface area contributed by atoms with Crippen molar-refractivity contribution < 1.29 is 27.5 Å². The Morgan fingerprint density at radius 3 is 2.32 bits per heavy atom. The Hall–Kier alpha value is -4.31. The maximum absolute atomic E-state index is 14.5. The van der Waals surface area contributed by atoms with E-state index in [2.05, 4.69) is 4.90 Å². The number of anilines is 2. The average Bonchev–Trinajstić information content (AvgIpc) is 3.70. The summed E-state index contributed by atoms with van der Waals surface area (Å²) in [5.74, 6) is -1.02. The zero-order valence-corrected chi connectivity index (χ0v) is 25.6. The molecule has 2 fully saturated rings. The molecule has 1 saturated carbocycles. The van der Waals surface area contributed by atoms with Crippen LogP contribution in [0.2, 0.25) is 0 Å². The molecule has 3 aromatic carbocycles. The number of benzene rings is 3. The summed E-state index contributed by atoms with van der Waals surface area (Å²) in [5.41, 5.74) is 3.07. The standard InChI is InChI=1S/C34H37N3O6S/c1-24-28-23-27(15-16-31(28)43-32(24)34(39)40)44(41,42)37(18-17-25-9-3-2-4-10-25)30-14-8-7-13-29(30)35-19-21-36(22-20-35)33(38)26-11-5-6-12-26/h2-4,7-10,13-16,23,26H,5-6,11-12,17-22H2,1H3,(H,39,40). The van der Waals surface area contributed by atoms with Gasteiger partial charge in [-0.3, -0.25) is 9.10 Å². The van der Waals surface area contributed by atoms with Gasteiger partial charge < -0.3 is 19.3 Å². The van der Waals surface area contributed by atoms with E-state index < -0.39 is 16.0 Å². The molecule has 0 bridgehead atoms. The number of carbonyl (C=O) groups is 2. The fourth-order valence-electron chi connectivity index (χ4n) is 6.48. The van der Waals surface area contributed by atoms with Gasteiger partial charge in [0.25, 0.3) is 10.0 Å². The van der Waals surface area contributed by atoms with E-state index in [9.17, 15) is 23.1 Å². The summed E-state index contributed by atoms with van der Waals surface area (Å²) >= 11 is 0. The van der Waals surface area contributed by atoms with Crippen molar-refractivity contribution in [2.45, 2.75) is 43.9 Å². The number of rotatable bonds is 9. The van der Waals surface area contributed by atoms with Crippen LogP contribution in [0.25, 0.3) is 11.0 Å². The van der Waals surface area contributed by atoms with E-state index in [1.807, 2.05) is 59.5 Å². The number of fused-ring (bicyclic) bond motifs is 1. The minimum absolute atomic E-state index is 0.0562. The summed E-state index contributed by atoms with van der Waals surface area (Å²) in [6, 6.07) is 21.8. The third-order valence-electron chi connectivity index (χ3n) is 8.92. The Labute approximate surface area is 257 Å². The number of carboxylic acids is 1. The summed E-state index contributed by atoms with van der Waals surface area (Å²) in [7, 11) is -4.09. The van der Waals surface area contributed by atoms with Gasteiger partial charge in [0, 0.05) is 49.6 Å². The molecule has 6 rings (SSSR count). The number of sulfonamides is 1. The molecule has 0 radical (unpaired) electrons. The van der Waals surface area contributed by atoms with Crippen LogP contribution in [-0.2, 0) is 21.2 Å². The molecule has 44 heavy (non-hydrogen) atoms. The van der Waals surface area contributed by atoms with Gasteiger partial charge in [0.1, 0.15) is 5.58 Å². The van der Waals surface area contributed by atoms with Crippen LogP contribution in [-0.4, -0.2) is 63.0 Å². The van der Waals surface area contributed by atoms with Gasteiger partial charge in [-0.1, -0.05) is 55.3 Å². The highest BCUT2D eigenvalue weighted by Gasteiger charge is 2.32. The first kappa shape index (κ1) is 29.7. The molecular weight excluding hydrogens is 578 g/mol. The lowest BCUT2D eigenvalue weighted by Gasteiger charge is -2.39. The number of hydrogen-bond donors (Lipinski definition) is 1. The van der Waals surface area contributed by atoms with Crippen LogP contribution in [0, 0.1) is 12.8 Å². The molecule has 1 N–H and O–H groups in total. The molecule has 0 atom stereocenters. The lowest BCUT2D eigenvalue weighted by Crippen LogP contribution is -2.50. The van der Waals surface area contributed by atoms with Gasteiger partial charge in [0.15, 0.2) is 0 Å². The molecular formula is C34H37N3O6S. The van der Waals surface area contributed by atoms with Crippen molar-refractivity contribution in [3.63, 3.8) is 0 Å². The van der Waals surface area contributed by atoms with Crippen LogP contribution in [0.1, 0.15) is 47.4 Å². The van der Waals surface area contributed by atoms with E-state index >= 15 is 0 Å². The number of nitrogens with zero attached hydrogens (tertiary/aromatic N) is 3. The minimum Gasteiger partial charge on any atom is -0.475 e. The Morgan fingerprint density at radius 2 is 1.61 bits per heavy atom. The molecule has 9 nitrogen and oxygen atoms in total. The van der Waals surface area contributed by atoms with E-state index in [0.717, 1.165) is 36.9 Å². The van der Waals surface area contributed by atoms with Crippen LogP contribution in [0.5, 0.6) is 0 Å². The summed E-state index contributed by atoms with van der Waals surface area (Å²) in [5, 5.41) is 9.97. The average molecular weight is 616 g/mol. The predicted molar refractivity (Wildman–Crippen MR) is 170 cm³/mol. The lowest BCUT2D eigenvalue weighted by atomic mass is 10.1. The molecule has 0 spiro atoms. The van der Waals surface area contributed by atoms with Crippen molar-refractivity contribution >= 4 is 44.2 Å². The number of furan rings is 1. The molecule has 10 heteroatoms. The van der Waals surface area contributed by atoms with Crippen molar-refractivity contribution in [1.82, 2.24) is 4.90 Å². The van der Waals surface area contributed by atoms with Crippen molar-refractivity contribution in [3.05, 3.63) is 89.7 Å². The van der Waals surface area contributed by atoms with Crippen LogP contribution >= 0.6 is 0 Å². The second-order valence-electron chi connectivity index (χ2n) is 11.6. The molecule has 4 aromatic rings. The fourth-order valence-corrected chi connectivity index (χ4v) is 7.98. The largest absolute Gasteiger partial charge is 0.475 e. The van der Waals surface area contributed by atoms with Gasteiger partial charge in [0.05, 0.1) is 16.3 Å². The van der Waals surface area contributed by atoms with E-state index in [0.29, 0.717) is 54.8 Å². The predicted octanol–water partition coefficient (Wildman–Crippen LogP) is 5.72. The molecule has 1 aliphatic heterocycles. The number of hydrogen-bond acceptors (Lipinski definition) is 6. The normalized spacial score (nSPS) is 16.0. The SMILES string of the molecule is Cc1c(C(=O)O)oc2ccc(S(=O)(=O)N(CCc3ccccc3)c3ccccc3N3CCN(C(=O)C4CCCC4)CC3)cc12. The highest BCUT2D eigenvalue weighted by atomic mass is 32.2. The van der Waals surface area contributed by atoms with E-state index in [1.54, 1.807) is 6.92 Å². The molecule has 1 aromatic heterocycles. The van der Waals surface area contributed by atoms with E-state index in [-0.39, 0.29) is 29.0 Å². The smallest absolute Gasteiger partial charge is 0.372 e. The first-order valence-electron chi connectivity index (χ1n) is 15.2. The first-order chi connectivity index (χ1) is 21.2. The fraction of sp³-hybridized carbons (Fsp3) is 0.353. The third kappa shape index (κ3) is 5.78. The number of aromatic carboxylic acids is 1. The Bertz CT molecular complexity index is 1770. The number of carbonyl (C=O) groups excluding carboxylic acids is 1. The number of aryl methyl sites for hydroxylation is 1. The van der Waals surface area contributed by atoms with E-state index in [4.69, 9.17) is 4.42 Å². The van der Waals surface area contributed by atoms with Gasteiger partial charge in [-0.25, -0.2) is 13.2 Å². The quantitative estimate of drug-likeness (QED) is 0.257. The van der Waals surface area contributed by atoms with Crippen molar-refractivity contribution in [1.29, 1.82) is 0 Å². The molecule has 2 aliphatic rings. The van der Waals surface area contributed by atoms with Crippen molar-refractivity contribution in [2.24, 2.45) is 5.92 Å². The number of para-hydroxylation sites is 2. The summed E-state index contributed by atoms with van der Waals surface area (Å²) in [6.45, 7) is 4.24. The van der Waals surface area contributed by atoms with Crippen LogP contribution in [0.15, 0.2) is 82.1 Å². The van der Waals surface area contributed by atoms with Gasteiger partial charge in [-0.15, -0.1) is 0 Å². The first-order valence-corrected chi connectivity index (χ1v) is 16.6. The van der Waals surface area contributed by atoms with Crippen LogP contribution in [0.3, 0.4) is 0 Å². The number of amides is 1. The molecule has 1 aliphatic carbocycles. The summed E-state index contributed by atoms with van der Waals surface area (Å²) in [4.78, 5) is 28.9. The molecule has 1 saturated heterocycles. The monoisotopic (exact) mass is 615 g/mol. The molecule has 230 valence electrons. The maximum atomic E-state index is 14.5. The third-order valence-corrected chi connectivity index (χ3v) is 10.7. The molecule has 2 heterocycles.